The lowest BCUT2D eigenvalue weighted by Gasteiger charge is -2.30. The van der Waals surface area contributed by atoms with Crippen LogP contribution in [0.1, 0.15) is 56.1 Å². The molecule has 0 spiro atoms. The van der Waals surface area contributed by atoms with Crippen LogP contribution in [-0.4, -0.2) is 10.2 Å². The average Bonchev–Trinajstić information content (AvgIpc) is 2.62. The minimum absolute atomic E-state index is 0.490. The summed E-state index contributed by atoms with van der Waals surface area (Å²) in [7, 11) is 0. The van der Waals surface area contributed by atoms with Crippen LogP contribution in [0.15, 0.2) is 12.3 Å². The first kappa shape index (κ1) is 11.1. The molecule has 1 fully saturated rings. The van der Waals surface area contributed by atoms with Gasteiger partial charge in [-0.2, -0.15) is 5.10 Å². The van der Waals surface area contributed by atoms with E-state index in [0.29, 0.717) is 11.8 Å². The second-order valence-corrected chi connectivity index (χ2v) is 5.71. The Morgan fingerprint density at radius 1 is 1.41 bits per heavy atom. The minimum atomic E-state index is 0.490. The van der Waals surface area contributed by atoms with Gasteiger partial charge in [-0.15, -0.1) is 0 Å². The number of hydrogen-bond donors (Lipinski definition) is 1. The summed E-state index contributed by atoms with van der Waals surface area (Å²) in [5, 5.41) is 9.32. The van der Waals surface area contributed by atoms with Crippen molar-refractivity contribution in [1.82, 2.24) is 10.2 Å². The topological polar surface area (TPSA) is 28.7 Å². The molecule has 0 bridgehead atoms. The van der Waals surface area contributed by atoms with Crippen LogP contribution in [-0.2, 0) is 0 Å². The van der Waals surface area contributed by atoms with E-state index in [1.165, 1.54) is 35.8 Å². The molecule has 1 N–H and O–H groups in total. The number of H-pyrrole nitrogens is 1. The second-order valence-electron chi connectivity index (χ2n) is 5.30. The van der Waals surface area contributed by atoms with Crippen molar-refractivity contribution in [1.29, 1.82) is 0 Å². The summed E-state index contributed by atoms with van der Waals surface area (Å²) in [5.41, 5.74) is 3.83. The standard InChI is InChI=1S/C14H17ClN2/c1-8(2)13-10-7-16-17-12(10)6-11(15)14(13)9-4-3-5-9/h6-9H,3-5H2,1-2H3,(H,16,17). The molecule has 1 aliphatic rings. The number of fused-ring (bicyclic) bond motifs is 1. The summed E-state index contributed by atoms with van der Waals surface area (Å²) in [5.74, 6) is 1.16. The zero-order valence-corrected chi connectivity index (χ0v) is 11.0. The van der Waals surface area contributed by atoms with Crippen LogP contribution in [0.4, 0.5) is 0 Å². The van der Waals surface area contributed by atoms with E-state index in [2.05, 4.69) is 24.0 Å². The van der Waals surface area contributed by atoms with Gasteiger partial charge in [0.25, 0.3) is 0 Å². The maximum atomic E-state index is 6.47. The lowest BCUT2D eigenvalue weighted by Crippen LogP contribution is -2.13. The highest BCUT2D eigenvalue weighted by atomic mass is 35.5. The number of nitrogens with one attached hydrogen (secondary N) is 1. The molecular formula is C14H17ClN2. The van der Waals surface area contributed by atoms with Crippen LogP contribution in [0.2, 0.25) is 5.02 Å². The molecule has 1 aromatic heterocycles. The third-order valence-electron chi connectivity index (χ3n) is 3.87. The lowest BCUT2D eigenvalue weighted by atomic mass is 9.75. The number of benzene rings is 1. The maximum Gasteiger partial charge on any atom is 0.0668 e. The van der Waals surface area contributed by atoms with Gasteiger partial charge in [-0.1, -0.05) is 31.9 Å². The van der Waals surface area contributed by atoms with Crippen LogP contribution < -0.4 is 0 Å². The van der Waals surface area contributed by atoms with Gasteiger partial charge >= 0.3 is 0 Å². The zero-order valence-electron chi connectivity index (χ0n) is 10.3. The van der Waals surface area contributed by atoms with Crippen molar-refractivity contribution in [2.75, 3.05) is 0 Å². The van der Waals surface area contributed by atoms with Gasteiger partial charge in [-0.25, -0.2) is 0 Å². The molecule has 1 heterocycles. The molecule has 0 atom stereocenters. The smallest absolute Gasteiger partial charge is 0.0668 e. The normalized spacial score (nSPS) is 16.7. The Bertz CT molecular complexity index is 553. The molecule has 2 aromatic rings. The lowest BCUT2D eigenvalue weighted by molar-refractivity contribution is 0.417. The Kier molecular flexibility index (Phi) is 2.62. The van der Waals surface area contributed by atoms with E-state index in [1.54, 1.807) is 0 Å². The highest BCUT2D eigenvalue weighted by Crippen LogP contribution is 2.45. The predicted molar refractivity (Wildman–Crippen MR) is 71.8 cm³/mol. The fourth-order valence-electron chi connectivity index (χ4n) is 2.83. The average molecular weight is 249 g/mol. The Hall–Kier alpha value is -1.02. The Morgan fingerprint density at radius 3 is 2.76 bits per heavy atom. The highest BCUT2D eigenvalue weighted by molar-refractivity contribution is 6.32. The first-order valence-electron chi connectivity index (χ1n) is 6.34. The quantitative estimate of drug-likeness (QED) is 0.826. The molecule has 1 saturated carbocycles. The molecule has 1 aromatic carbocycles. The van der Waals surface area contributed by atoms with Crippen LogP contribution in [0, 0.1) is 0 Å². The summed E-state index contributed by atoms with van der Waals surface area (Å²) in [6, 6.07) is 2.03. The molecule has 2 nitrogen and oxygen atoms in total. The van der Waals surface area contributed by atoms with Gasteiger partial charge in [0.1, 0.15) is 0 Å². The second kappa shape index (κ2) is 4.02. The Morgan fingerprint density at radius 2 is 2.18 bits per heavy atom. The molecule has 90 valence electrons. The van der Waals surface area contributed by atoms with Crippen molar-refractivity contribution in [2.24, 2.45) is 0 Å². The first-order chi connectivity index (χ1) is 8.18. The van der Waals surface area contributed by atoms with E-state index in [0.717, 1.165) is 10.5 Å². The maximum absolute atomic E-state index is 6.47. The van der Waals surface area contributed by atoms with Crippen molar-refractivity contribution in [3.63, 3.8) is 0 Å². The van der Waals surface area contributed by atoms with E-state index in [9.17, 15) is 0 Å². The van der Waals surface area contributed by atoms with E-state index < -0.39 is 0 Å². The fourth-order valence-corrected chi connectivity index (χ4v) is 3.20. The summed E-state index contributed by atoms with van der Waals surface area (Å²) in [4.78, 5) is 0. The highest BCUT2D eigenvalue weighted by Gasteiger charge is 2.27. The number of hydrogen-bond acceptors (Lipinski definition) is 1. The van der Waals surface area contributed by atoms with Crippen molar-refractivity contribution in [2.45, 2.75) is 44.9 Å². The van der Waals surface area contributed by atoms with Crippen molar-refractivity contribution in [3.8, 4) is 0 Å². The van der Waals surface area contributed by atoms with Gasteiger partial charge in [-0.3, -0.25) is 5.10 Å². The number of halogens is 1. The van der Waals surface area contributed by atoms with Crippen molar-refractivity contribution < 1.29 is 0 Å². The molecular weight excluding hydrogens is 232 g/mol. The molecule has 3 heteroatoms. The number of aromatic amines is 1. The summed E-state index contributed by atoms with van der Waals surface area (Å²) in [6.45, 7) is 4.47. The number of aromatic nitrogens is 2. The van der Waals surface area contributed by atoms with Crippen molar-refractivity contribution >= 4 is 22.5 Å². The summed E-state index contributed by atoms with van der Waals surface area (Å²) < 4.78 is 0. The molecule has 0 saturated heterocycles. The molecule has 1 aliphatic carbocycles. The zero-order chi connectivity index (χ0) is 12.0. The molecule has 17 heavy (non-hydrogen) atoms. The van der Waals surface area contributed by atoms with E-state index >= 15 is 0 Å². The molecule has 0 radical (unpaired) electrons. The molecule has 3 rings (SSSR count). The van der Waals surface area contributed by atoms with E-state index in [1.807, 2.05) is 12.3 Å². The molecule has 0 aliphatic heterocycles. The monoisotopic (exact) mass is 248 g/mol. The van der Waals surface area contributed by atoms with Gasteiger partial charge in [-0.05, 0) is 41.9 Å². The summed E-state index contributed by atoms with van der Waals surface area (Å²) in [6.07, 6.45) is 5.83. The van der Waals surface area contributed by atoms with Gasteiger partial charge in [0.15, 0.2) is 0 Å². The number of nitrogens with zero attached hydrogens (tertiary/aromatic N) is 1. The van der Waals surface area contributed by atoms with Gasteiger partial charge in [0, 0.05) is 10.4 Å². The van der Waals surface area contributed by atoms with Crippen LogP contribution in [0.25, 0.3) is 10.9 Å². The van der Waals surface area contributed by atoms with Gasteiger partial charge in [0.2, 0.25) is 0 Å². The summed E-state index contributed by atoms with van der Waals surface area (Å²) >= 11 is 6.47. The fraction of sp³-hybridized carbons (Fsp3) is 0.500. The SMILES string of the molecule is CC(C)c1c(C2CCC2)c(Cl)cc2[nH]ncc12. The predicted octanol–water partition coefficient (Wildman–Crippen LogP) is 4.61. The Balaban J connectivity index is 2.29. The number of rotatable bonds is 2. The first-order valence-corrected chi connectivity index (χ1v) is 6.71. The molecule has 0 amide bonds. The van der Waals surface area contributed by atoms with E-state index in [4.69, 9.17) is 11.6 Å². The van der Waals surface area contributed by atoms with Gasteiger partial charge in [0.05, 0.1) is 11.7 Å². The minimum Gasteiger partial charge on any atom is -0.278 e. The third kappa shape index (κ3) is 1.66. The Labute approximate surface area is 106 Å². The third-order valence-corrected chi connectivity index (χ3v) is 4.18. The van der Waals surface area contributed by atoms with Crippen LogP contribution in [0.5, 0.6) is 0 Å². The van der Waals surface area contributed by atoms with Crippen molar-refractivity contribution in [3.05, 3.63) is 28.4 Å². The largest absolute Gasteiger partial charge is 0.278 e. The van der Waals surface area contributed by atoms with Crippen LogP contribution >= 0.6 is 11.6 Å². The van der Waals surface area contributed by atoms with Crippen LogP contribution in [0.3, 0.4) is 0 Å². The van der Waals surface area contributed by atoms with E-state index in [-0.39, 0.29) is 0 Å². The van der Waals surface area contributed by atoms with Gasteiger partial charge < -0.3 is 0 Å². The molecule has 0 unspecified atom stereocenters.